The van der Waals surface area contributed by atoms with Gasteiger partial charge in [0.1, 0.15) is 12.4 Å². The number of hydrogen-bond donors (Lipinski definition) is 0. The quantitative estimate of drug-likeness (QED) is 0.789. The molecule has 4 unspecified atom stereocenters. The third-order valence-electron chi connectivity index (χ3n) is 7.60. The average molecular weight is 342 g/mol. The molecule has 6 fully saturated rings. The summed E-state index contributed by atoms with van der Waals surface area (Å²) in [7, 11) is 0. The van der Waals surface area contributed by atoms with E-state index in [4.69, 9.17) is 4.74 Å². The number of nitrogens with zero attached hydrogens (tertiary/aromatic N) is 1. The summed E-state index contributed by atoms with van der Waals surface area (Å²) in [5.41, 5.74) is 2.90. The number of hydrogen-bond acceptors (Lipinski definition) is 3. The van der Waals surface area contributed by atoms with Crippen LogP contribution in [0.3, 0.4) is 0 Å². The minimum atomic E-state index is 0.738. The van der Waals surface area contributed by atoms with E-state index in [2.05, 4.69) is 34.9 Å². The van der Waals surface area contributed by atoms with E-state index in [0.717, 1.165) is 41.7 Å². The fourth-order valence-electron chi connectivity index (χ4n) is 6.36. The summed E-state index contributed by atoms with van der Waals surface area (Å²) in [5.74, 6) is 5.23. The van der Waals surface area contributed by atoms with E-state index < -0.39 is 0 Å². The zero-order chi connectivity index (χ0) is 15.7. The summed E-state index contributed by atoms with van der Waals surface area (Å²) < 4.78 is 5.94. The zero-order valence-electron chi connectivity index (χ0n) is 14.3. The molecule has 0 spiro atoms. The van der Waals surface area contributed by atoms with Gasteiger partial charge in [-0.1, -0.05) is 6.07 Å². The fraction of sp³-hybridized carbons (Fsp3) is 0.714. The molecule has 2 nitrogen and oxygen atoms in total. The Kier molecular flexibility index (Phi) is 3.27. The summed E-state index contributed by atoms with van der Waals surface area (Å²) in [4.78, 5) is 2.98. The van der Waals surface area contributed by atoms with Crippen LogP contribution in [0.25, 0.3) is 0 Å². The van der Waals surface area contributed by atoms with Crippen molar-refractivity contribution in [3.8, 4) is 5.75 Å². The second-order valence-electron chi connectivity index (χ2n) is 8.81. The van der Waals surface area contributed by atoms with Crippen LogP contribution in [0.15, 0.2) is 18.2 Å². The highest BCUT2D eigenvalue weighted by atomic mass is 32.2. The van der Waals surface area contributed by atoms with Crippen molar-refractivity contribution in [3.05, 3.63) is 29.3 Å². The van der Waals surface area contributed by atoms with Crippen molar-refractivity contribution in [1.82, 2.24) is 4.90 Å². The van der Waals surface area contributed by atoms with E-state index >= 15 is 0 Å². The number of ether oxygens (including phenoxy) is 1. The summed E-state index contributed by atoms with van der Waals surface area (Å²) in [6, 6.07) is 8.70. The lowest BCUT2D eigenvalue weighted by molar-refractivity contribution is -0.0196. The molecule has 1 aromatic carbocycles. The van der Waals surface area contributed by atoms with Crippen LogP contribution in [0, 0.1) is 11.8 Å². The molecule has 0 amide bonds. The van der Waals surface area contributed by atoms with Crippen molar-refractivity contribution in [2.45, 2.75) is 68.4 Å². The minimum Gasteiger partial charge on any atom is -0.489 e. The van der Waals surface area contributed by atoms with Crippen molar-refractivity contribution in [2.24, 2.45) is 11.8 Å². The van der Waals surface area contributed by atoms with Gasteiger partial charge in [-0.15, -0.1) is 0 Å². The maximum atomic E-state index is 5.94. The first-order valence-corrected chi connectivity index (χ1v) is 11.0. The van der Waals surface area contributed by atoms with Gasteiger partial charge in [-0.05, 0) is 85.3 Å². The van der Waals surface area contributed by atoms with Crippen molar-refractivity contribution < 1.29 is 4.74 Å². The number of thioether (sulfide) groups is 1. The van der Waals surface area contributed by atoms with Crippen LogP contribution in [0.4, 0.5) is 0 Å². The molecule has 2 aliphatic carbocycles. The van der Waals surface area contributed by atoms with Crippen molar-refractivity contribution in [2.75, 3.05) is 12.3 Å². The monoisotopic (exact) mass is 341 g/mol. The molecule has 128 valence electrons. The maximum Gasteiger partial charge on any atom is 0.123 e. The Morgan fingerprint density at radius 3 is 2.58 bits per heavy atom. The molecule has 0 radical (unpaired) electrons. The molecule has 0 N–H and O–H groups in total. The molecular formula is C21H27NOS. The Hall–Kier alpha value is -0.670. The predicted molar refractivity (Wildman–Crippen MR) is 98.7 cm³/mol. The fourth-order valence-corrected chi connectivity index (χ4v) is 8.03. The second-order valence-corrected chi connectivity index (χ2v) is 10.1. The van der Waals surface area contributed by atoms with E-state index in [-0.39, 0.29) is 0 Å². The highest BCUT2D eigenvalue weighted by Gasteiger charge is 2.49. The van der Waals surface area contributed by atoms with Crippen LogP contribution in [0.2, 0.25) is 0 Å². The van der Waals surface area contributed by atoms with Crippen LogP contribution < -0.4 is 4.74 Å². The Morgan fingerprint density at radius 1 is 1.08 bits per heavy atom. The van der Waals surface area contributed by atoms with Crippen LogP contribution in [0.5, 0.6) is 5.75 Å². The molecule has 2 saturated carbocycles. The van der Waals surface area contributed by atoms with Gasteiger partial charge in [-0.25, -0.2) is 0 Å². The number of benzene rings is 1. The van der Waals surface area contributed by atoms with Gasteiger partial charge < -0.3 is 4.74 Å². The smallest absolute Gasteiger partial charge is 0.123 e. The van der Waals surface area contributed by atoms with Crippen LogP contribution in [0.1, 0.15) is 55.6 Å². The molecule has 4 atom stereocenters. The van der Waals surface area contributed by atoms with E-state index in [1.807, 2.05) is 0 Å². The molecule has 6 heterocycles. The first kappa shape index (κ1) is 14.5. The standard InChI is InChI=1S/C21H27NOS/c1-4-16-5-2-13(1)10-22(16)19-9-21-18(8-15(19)12-24-21)17-7-14-3-6-20(17)23-11-14/h3,6-7,13,15-16,18-19,21H,1-2,4-5,8-12H2. The van der Waals surface area contributed by atoms with Gasteiger partial charge >= 0.3 is 0 Å². The first-order chi connectivity index (χ1) is 11.8. The number of rotatable bonds is 2. The largest absolute Gasteiger partial charge is 0.489 e. The lowest BCUT2D eigenvalue weighted by Crippen LogP contribution is -2.59. The molecular weight excluding hydrogens is 314 g/mol. The van der Waals surface area contributed by atoms with Gasteiger partial charge in [0, 0.05) is 23.9 Å². The maximum absolute atomic E-state index is 5.94. The topological polar surface area (TPSA) is 12.5 Å². The molecule has 8 aliphatic rings. The summed E-state index contributed by atoms with van der Waals surface area (Å²) >= 11 is 2.26. The van der Waals surface area contributed by atoms with Crippen molar-refractivity contribution >= 4 is 11.8 Å². The zero-order valence-corrected chi connectivity index (χ0v) is 15.1. The second kappa shape index (κ2) is 5.41. The molecule has 24 heavy (non-hydrogen) atoms. The van der Waals surface area contributed by atoms with Crippen LogP contribution >= 0.6 is 11.8 Å². The summed E-state index contributed by atoms with van der Waals surface area (Å²) in [6.45, 7) is 2.21. The van der Waals surface area contributed by atoms with Crippen molar-refractivity contribution in [3.63, 3.8) is 0 Å². The van der Waals surface area contributed by atoms with Gasteiger partial charge in [0.2, 0.25) is 0 Å². The molecule has 4 saturated heterocycles. The highest BCUT2D eigenvalue weighted by molar-refractivity contribution is 8.00. The van der Waals surface area contributed by atoms with Crippen molar-refractivity contribution in [1.29, 1.82) is 0 Å². The van der Waals surface area contributed by atoms with Crippen LogP contribution in [-0.4, -0.2) is 34.5 Å². The Labute approximate surface area is 149 Å². The van der Waals surface area contributed by atoms with E-state index in [9.17, 15) is 0 Å². The third kappa shape index (κ3) is 2.13. The lowest BCUT2D eigenvalue weighted by atomic mass is 9.71. The normalized spacial score (nSPS) is 43.2. The van der Waals surface area contributed by atoms with Gasteiger partial charge in [0.15, 0.2) is 0 Å². The van der Waals surface area contributed by atoms with Gasteiger partial charge in [-0.2, -0.15) is 11.8 Å². The molecule has 6 aliphatic heterocycles. The Bertz CT molecular complexity index is 653. The van der Waals surface area contributed by atoms with Crippen LogP contribution in [-0.2, 0) is 6.61 Å². The van der Waals surface area contributed by atoms with E-state index in [1.165, 1.54) is 67.7 Å². The highest BCUT2D eigenvalue weighted by Crippen LogP contribution is 2.54. The summed E-state index contributed by atoms with van der Waals surface area (Å²) in [5, 5.41) is 0.816. The molecule has 0 aromatic heterocycles. The SMILES string of the molecule is c1cc2c(C3CC4CSC3CC4N3CC4CCC3CC4)cc1CO2. The van der Waals surface area contributed by atoms with E-state index in [1.54, 1.807) is 0 Å². The molecule has 6 bridgehead atoms. The minimum absolute atomic E-state index is 0.738. The van der Waals surface area contributed by atoms with Gasteiger partial charge in [0.05, 0.1) is 0 Å². The Morgan fingerprint density at radius 2 is 2.00 bits per heavy atom. The number of piperidine rings is 2. The van der Waals surface area contributed by atoms with E-state index in [0.29, 0.717) is 0 Å². The molecule has 3 heteroatoms. The Balaban J connectivity index is 1.26. The van der Waals surface area contributed by atoms with Gasteiger partial charge in [-0.3, -0.25) is 4.90 Å². The number of fused-ring (bicyclic) bond motifs is 11. The molecule has 9 rings (SSSR count). The average Bonchev–Trinajstić information content (AvgIpc) is 2.70. The van der Waals surface area contributed by atoms with Gasteiger partial charge in [0.25, 0.3) is 0 Å². The third-order valence-corrected chi connectivity index (χ3v) is 9.17. The predicted octanol–water partition coefficient (Wildman–Crippen LogP) is 4.43. The molecule has 1 aromatic rings. The first-order valence-electron chi connectivity index (χ1n) is 9.98. The summed E-state index contributed by atoms with van der Waals surface area (Å²) in [6.07, 6.45) is 8.80. The lowest BCUT2D eigenvalue weighted by Gasteiger charge is -2.56.